The van der Waals surface area contributed by atoms with E-state index in [0.29, 0.717) is 16.9 Å². The molecule has 22 heavy (non-hydrogen) atoms. The average Bonchev–Trinajstić information content (AvgIpc) is 2.52. The van der Waals surface area contributed by atoms with Gasteiger partial charge in [0.05, 0.1) is 18.1 Å². The van der Waals surface area contributed by atoms with Gasteiger partial charge in [0.1, 0.15) is 12.4 Å². The van der Waals surface area contributed by atoms with Crippen LogP contribution in [0.25, 0.3) is 6.08 Å². The fraction of sp³-hybridized carbons (Fsp3) is 0.267. The molecule has 0 saturated carbocycles. The summed E-state index contributed by atoms with van der Waals surface area (Å²) in [6.45, 7) is 0.511. The number of rotatable bonds is 7. The number of amides is 1. The first-order valence-electron chi connectivity index (χ1n) is 6.53. The summed E-state index contributed by atoms with van der Waals surface area (Å²) in [6.07, 6.45) is 1.09. The second kappa shape index (κ2) is 8.44. The lowest BCUT2D eigenvalue weighted by atomic mass is 10.1. The van der Waals surface area contributed by atoms with Gasteiger partial charge in [0.2, 0.25) is 5.91 Å². The number of hydrogen-bond donors (Lipinski definition) is 3. The molecule has 1 rings (SSSR count). The molecule has 1 aromatic rings. The predicted octanol–water partition coefficient (Wildman–Crippen LogP) is 0.500. The molecule has 0 spiro atoms. The Morgan fingerprint density at radius 3 is 2.77 bits per heavy atom. The highest BCUT2D eigenvalue weighted by atomic mass is 16.5. The zero-order valence-corrected chi connectivity index (χ0v) is 12.1. The molecule has 116 valence electrons. The SMILES string of the molecule is CNC(=O)CC(=Cc1ccc(C#N)cc1OCCN)C(=O)O. The van der Waals surface area contributed by atoms with Crippen molar-refractivity contribution >= 4 is 18.0 Å². The Morgan fingerprint density at radius 1 is 1.50 bits per heavy atom. The van der Waals surface area contributed by atoms with Gasteiger partial charge in [-0.15, -0.1) is 0 Å². The minimum Gasteiger partial charge on any atom is -0.492 e. The smallest absolute Gasteiger partial charge is 0.332 e. The van der Waals surface area contributed by atoms with Crippen LogP contribution in [0.2, 0.25) is 0 Å². The molecule has 0 fully saturated rings. The summed E-state index contributed by atoms with van der Waals surface area (Å²) < 4.78 is 5.43. The number of hydrogen-bond acceptors (Lipinski definition) is 5. The van der Waals surface area contributed by atoms with Crippen LogP contribution in [-0.4, -0.2) is 37.2 Å². The van der Waals surface area contributed by atoms with Crippen molar-refractivity contribution in [2.24, 2.45) is 5.73 Å². The van der Waals surface area contributed by atoms with Crippen molar-refractivity contribution in [3.8, 4) is 11.8 Å². The topological polar surface area (TPSA) is 125 Å². The van der Waals surface area contributed by atoms with Gasteiger partial charge in [-0.25, -0.2) is 4.79 Å². The van der Waals surface area contributed by atoms with Crippen LogP contribution in [0.5, 0.6) is 5.75 Å². The second-order valence-corrected chi connectivity index (χ2v) is 4.33. The first kappa shape index (κ1) is 17.2. The Hall–Kier alpha value is -2.85. The van der Waals surface area contributed by atoms with Crippen molar-refractivity contribution < 1.29 is 19.4 Å². The standard InChI is InChI=1S/C15H17N3O4/c1-18-14(19)8-12(15(20)21)7-11-3-2-10(9-17)6-13(11)22-5-4-16/h2-3,6-7H,4-5,8,16H2,1H3,(H,18,19)(H,20,21). The first-order valence-corrected chi connectivity index (χ1v) is 6.53. The Morgan fingerprint density at radius 2 is 2.23 bits per heavy atom. The molecule has 0 aromatic heterocycles. The molecule has 7 nitrogen and oxygen atoms in total. The zero-order chi connectivity index (χ0) is 16.5. The lowest BCUT2D eigenvalue weighted by Crippen LogP contribution is -2.20. The maximum atomic E-state index is 11.4. The summed E-state index contributed by atoms with van der Waals surface area (Å²) in [5.41, 5.74) is 6.14. The third kappa shape index (κ3) is 4.92. The second-order valence-electron chi connectivity index (χ2n) is 4.33. The molecule has 0 atom stereocenters. The van der Waals surface area contributed by atoms with Crippen molar-refractivity contribution in [3.63, 3.8) is 0 Å². The van der Waals surface area contributed by atoms with Gasteiger partial charge < -0.3 is 20.9 Å². The number of carbonyl (C=O) groups excluding carboxylic acids is 1. The van der Waals surface area contributed by atoms with Crippen LogP contribution >= 0.6 is 0 Å². The largest absolute Gasteiger partial charge is 0.492 e. The van der Waals surface area contributed by atoms with E-state index in [9.17, 15) is 14.7 Å². The summed E-state index contributed by atoms with van der Waals surface area (Å²) in [7, 11) is 1.43. The van der Waals surface area contributed by atoms with Crippen LogP contribution in [0, 0.1) is 11.3 Å². The van der Waals surface area contributed by atoms with E-state index in [0.717, 1.165) is 0 Å². The van der Waals surface area contributed by atoms with Gasteiger partial charge in [-0.1, -0.05) is 0 Å². The molecule has 1 aromatic carbocycles. The Bertz CT molecular complexity index is 632. The molecule has 0 aliphatic carbocycles. The monoisotopic (exact) mass is 303 g/mol. The number of benzene rings is 1. The van der Waals surface area contributed by atoms with E-state index in [1.807, 2.05) is 6.07 Å². The molecule has 7 heteroatoms. The quantitative estimate of drug-likeness (QED) is 0.630. The molecule has 0 heterocycles. The third-order valence-electron chi connectivity index (χ3n) is 2.75. The summed E-state index contributed by atoms with van der Waals surface area (Å²) in [4.78, 5) is 22.6. The summed E-state index contributed by atoms with van der Waals surface area (Å²) >= 11 is 0. The normalized spacial score (nSPS) is 10.7. The van der Waals surface area contributed by atoms with Crippen molar-refractivity contribution in [1.82, 2.24) is 5.32 Å². The zero-order valence-electron chi connectivity index (χ0n) is 12.1. The molecule has 0 unspecified atom stereocenters. The molecule has 0 aliphatic heterocycles. The van der Waals surface area contributed by atoms with E-state index in [2.05, 4.69) is 5.32 Å². The van der Waals surface area contributed by atoms with Gasteiger partial charge in [-0.05, 0) is 24.3 Å². The molecule has 1 amide bonds. The Balaban J connectivity index is 3.21. The van der Waals surface area contributed by atoms with Crippen molar-refractivity contribution in [3.05, 3.63) is 34.9 Å². The van der Waals surface area contributed by atoms with E-state index in [1.165, 1.54) is 19.2 Å². The Kier molecular flexibility index (Phi) is 6.60. The molecule has 4 N–H and O–H groups in total. The number of carboxylic acid groups (broad SMARTS) is 1. The minimum absolute atomic E-state index is 0.0818. The van der Waals surface area contributed by atoms with Gasteiger partial charge in [-0.2, -0.15) is 5.26 Å². The lowest BCUT2D eigenvalue weighted by molar-refractivity contribution is -0.134. The number of carbonyl (C=O) groups is 2. The van der Waals surface area contributed by atoms with E-state index in [-0.39, 0.29) is 25.1 Å². The fourth-order valence-electron chi connectivity index (χ4n) is 1.65. The molecule has 0 radical (unpaired) electrons. The molecular weight excluding hydrogens is 286 g/mol. The van der Waals surface area contributed by atoms with Crippen molar-refractivity contribution in [2.45, 2.75) is 6.42 Å². The number of nitriles is 1. The maximum absolute atomic E-state index is 11.4. The van der Waals surface area contributed by atoms with Crippen molar-refractivity contribution in [1.29, 1.82) is 5.26 Å². The van der Waals surface area contributed by atoms with Gasteiger partial charge in [0.15, 0.2) is 0 Å². The number of nitrogens with two attached hydrogens (primary N) is 1. The first-order chi connectivity index (χ1) is 10.5. The van der Waals surface area contributed by atoms with Gasteiger partial charge >= 0.3 is 5.97 Å². The number of carboxylic acids is 1. The van der Waals surface area contributed by atoms with Crippen LogP contribution in [0.3, 0.4) is 0 Å². The number of ether oxygens (including phenoxy) is 1. The summed E-state index contributed by atoms with van der Waals surface area (Å²) in [5, 5.41) is 20.5. The average molecular weight is 303 g/mol. The van der Waals surface area contributed by atoms with E-state index < -0.39 is 11.9 Å². The van der Waals surface area contributed by atoms with Crippen LogP contribution < -0.4 is 15.8 Å². The minimum atomic E-state index is -1.20. The summed E-state index contributed by atoms with van der Waals surface area (Å²) in [6, 6.07) is 6.59. The van der Waals surface area contributed by atoms with Crippen LogP contribution in [-0.2, 0) is 9.59 Å². The van der Waals surface area contributed by atoms with Gasteiger partial charge in [0.25, 0.3) is 0 Å². The van der Waals surface area contributed by atoms with Crippen LogP contribution in [0.15, 0.2) is 23.8 Å². The predicted molar refractivity (Wildman–Crippen MR) is 80.0 cm³/mol. The number of aliphatic carboxylic acids is 1. The van der Waals surface area contributed by atoms with Crippen molar-refractivity contribution in [2.75, 3.05) is 20.2 Å². The maximum Gasteiger partial charge on any atom is 0.332 e. The highest BCUT2D eigenvalue weighted by Crippen LogP contribution is 2.24. The molecular formula is C15H17N3O4. The van der Waals surface area contributed by atoms with Gasteiger partial charge in [0, 0.05) is 24.7 Å². The number of nitrogens with one attached hydrogen (secondary N) is 1. The van der Waals surface area contributed by atoms with Gasteiger partial charge in [-0.3, -0.25) is 4.79 Å². The molecule has 0 bridgehead atoms. The van der Waals surface area contributed by atoms with Crippen LogP contribution in [0.1, 0.15) is 17.5 Å². The number of nitrogens with zero attached hydrogens (tertiary/aromatic N) is 1. The Labute approximate surface area is 128 Å². The lowest BCUT2D eigenvalue weighted by Gasteiger charge is -2.10. The van der Waals surface area contributed by atoms with Crippen LogP contribution in [0.4, 0.5) is 0 Å². The molecule has 0 aliphatic rings. The highest BCUT2D eigenvalue weighted by Gasteiger charge is 2.13. The fourth-order valence-corrected chi connectivity index (χ4v) is 1.65. The van der Waals surface area contributed by atoms with E-state index >= 15 is 0 Å². The van der Waals surface area contributed by atoms with E-state index in [1.54, 1.807) is 12.1 Å². The highest BCUT2D eigenvalue weighted by molar-refractivity contribution is 5.98. The summed E-state index contributed by atoms with van der Waals surface area (Å²) in [5.74, 6) is -1.26. The third-order valence-corrected chi connectivity index (χ3v) is 2.75. The van der Waals surface area contributed by atoms with E-state index in [4.69, 9.17) is 15.7 Å². The molecule has 0 saturated heterocycles.